The van der Waals surface area contributed by atoms with Crippen molar-refractivity contribution in [3.05, 3.63) is 70.4 Å². The average molecular weight is 478 g/mol. The van der Waals surface area contributed by atoms with E-state index < -0.39 is 5.41 Å². The van der Waals surface area contributed by atoms with Gasteiger partial charge in [0.05, 0.1) is 17.9 Å². The predicted molar refractivity (Wildman–Crippen MR) is 136 cm³/mol. The Morgan fingerprint density at radius 3 is 2.53 bits per heavy atom. The molecule has 0 radical (unpaired) electrons. The Morgan fingerprint density at radius 2 is 1.85 bits per heavy atom. The number of amides is 2. The zero-order chi connectivity index (χ0) is 24.3. The summed E-state index contributed by atoms with van der Waals surface area (Å²) in [6, 6.07) is 10.1. The second-order valence-electron chi connectivity index (χ2n) is 9.11. The second-order valence-corrected chi connectivity index (χ2v) is 10.1. The van der Waals surface area contributed by atoms with E-state index in [4.69, 9.17) is 0 Å². The number of thiazole rings is 1. The molecule has 0 saturated heterocycles. The van der Waals surface area contributed by atoms with E-state index >= 15 is 0 Å². The topological polar surface area (TPSA) is 69.6 Å². The fraction of sp³-hybridized carbons (Fsp3) is 0.385. The van der Waals surface area contributed by atoms with Crippen molar-refractivity contribution in [3.8, 4) is 0 Å². The number of fused-ring (bicyclic) bond motifs is 1. The Kier molecular flexibility index (Phi) is 7.09. The molecule has 1 aliphatic heterocycles. The van der Waals surface area contributed by atoms with Gasteiger partial charge in [0.2, 0.25) is 11.8 Å². The molecule has 3 aromatic rings. The number of pyridine rings is 1. The van der Waals surface area contributed by atoms with Crippen LogP contribution in [0, 0.1) is 5.41 Å². The summed E-state index contributed by atoms with van der Waals surface area (Å²) in [6.07, 6.45) is 6.41. The van der Waals surface area contributed by atoms with Gasteiger partial charge in [-0.05, 0) is 56.5 Å². The third kappa shape index (κ3) is 4.88. The maximum Gasteiger partial charge on any atom is 0.242 e. The second kappa shape index (κ2) is 10.0. The van der Waals surface area contributed by atoms with Gasteiger partial charge in [0.15, 0.2) is 0 Å². The molecule has 1 aliphatic rings. The standard InChI is InChI=1S/C26H31N5O2S/c1-5-31-21-9-8-20(15-22(21)29(4)24(32)26(2,3)25(31)33)17-30(18-23-28-12-14-34-23)13-10-19-7-6-11-27-16-19/h6-9,11-12,14-16H,5,10,13,17-18H2,1-4H3. The lowest BCUT2D eigenvalue weighted by Gasteiger charge is -2.27. The number of anilines is 2. The molecule has 1 aromatic carbocycles. The number of carbonyl (C=O) groups excluding carboxylic acids is 2. The van der Waals surface area contributed by atoms with Crippen molar-refractivity contribution in [3.63, 3.8) is 0 Å². The monoisotopic (exact) mass is 477 g/mol. The molecule has 2 aromatic heterocycles. The van der Waals surface area contributed by atoms with Crippen molar-refractivity contribution in [2.75, 3.05) is 29.9 Å². The first-order valence-electron chi connectivity index (χ1n) is 11.5. The van der Waals surface area contributed by atoms with Crippen molar-refractivity contribution in [1.82, 2.24) is 14.9 Å². The Hall–Kier alpha value is -3.10. The molecule has 0 bridgehead atoms. The minimum atomic E-state index is -1.11. The Labute approximate surface area is 205 Å². The number of benzene rings is 1. The van der Waals surface area contributed by atoms with Crippen LogP contribution in [0.15, 0.2) is 54.3 Å². The first-order valence-corrected chi connectivity index (χ1v) is 12.4. The van der Waals surface area contributed by atoms with Crippen molar-refractivity contribution < 1.29 is 9.59 Å². The molecule has 0 N–H and O–H groups in total. The number of hydrogen-bond acceptors (Lipinski definition) is 6. The van der Waals surface area contributed by atoms with E-state index in [1.165, 1.54) is 5.56 Å². The summed E-state index contributed by atoms with van der Waals surface area (Å²) in [7, 11) is 1.76. The summed E-state index contributed by atoms with van der Waals surface area (Å²) in [5.41, 5.74) is 2.72. The van der Waals surface area contributed by atoms with Crippen LogP contribution < -0.4 is 9.80 Å². The molecular formula is C26H31N5O2S. The van der Waals surface area contributed by atoms with Crippen molar-refractivity contribution in [2.24, 2.45) is 5.41 Å². The molecule has 0 fully saturated rings. The van der Waals surface area contributed by atoms with Gasteiger partial charge in [-0.2, -0.15) is 0 Å². The third-order valence-corrected chi connectivity index (χ3v) is 7.08. The molecule has 4 rings (SSSR count). The normalized spacial score (nSPS) is 15.6. The highest BCUT2D eigenvalue weighted by atomic mass is 32.1. The van der Waals surface area contributed by atoms with Crippen molar-refractivity contribution in [1.29, 1.82) is 0 Å². The minimum Gasteiger partial charge on any atom is -0.313 e. The number of nitrogens with zero attached hydrogens (tertiary/aromatic N) is 5. The average Bonchev–Trinajstić information content (AvgIpc) is 3.34. The van der Waals surface area contributed by atoms with Gasteiger partial charge >= 0.3 is 0 Å². The number of carbonyl (C=O) groups is 2. The van der Waals surface area contributed by atoms with E-state index in [2.05, 4.69) is 27.0 Å². The van der Waals surface area contributed by atoms with Crippen LogP contribution in [0.4, 0.5) is 11.4 Å². The highest BCUT2D eigenvalue weighted by Gasteiger charge is 2.45. The molecule has 34 heavy (non-hydrogen) atoms. The molecule has 0 unspecified atom stereocenters. The van der Waals surface area contributed by atoms with Crippen LogP contribution in [0.1, 0.15) is 36.9 Å². The molecule has 0 aliphatic carbocycles. The number of hydrogen-bond donors (Lipinski definition) is 0. The lowest BCUT2D eigenvalue weighted by molar-refractivity contribution is -0.137. The van der Waals surface area contributed by atoms with Gasteiger partial charge in [0, 0.05) is 50.7 Å². The van der Waals surface area contributed by atoms with Crippen molar-refractivity contribution >= 4 is 34.5 Å². The van der Waals surface area contributed by atoms with Crippen LogP contribution in [0.3, 0.4) is 0 Å². The van der Waals surface area contributed by atoms with Crippen LogP contribution in [0.5, 0.6) is 0 Å². The third-order valence-electron chi connectivity index (χ3n) is 6.32. The predicted octanol–water partition coefficient (Wildman–Crippen LogP) is 4.14. The maximum atomic E-state index is 13.2. The summed E-state index contributed by atoms with van der Waals surface area (Å²) in [4.78, 5) is 40.7. The Bertz CT molecular complexity index is 1150. The first-order chi connectivity index (χ1) is 16.3. The van der Waals surface area contributed by atoms with Crippen molar-refractivity contribution in [2.45, 2.75) is 40.3 Å². The van der Waals surface area contributed by atoms with E-state index in [9.17, 15) is 9.59 Å². The molecule has 0 saturated carbocycles. The SMILES string of the molecule is CCN1C(=O)C(C)(C)C(=O)N(C)c2cc(CN(CCc3cccnc3)Cc3nccs3)ccc21. The fourth-order valence-electron chi connectivity index (χ4n) is 4.37. The van der Waals surface area contributed by atoms with Gasteiger partial charge < -0.3 is 9.80 Å². The zero-order valence-electron chi connectivity index (χ0n) is 20.2. The summed E-state index contributed by atoms with van der Waals surface area (Å²) >= 11 is 1.65. The summed E-state index contributed by atoms with van der Waals surface area (Å²) in [5.74, 6) is -0.358. The Balaban J connectivity index is 1.62. The lowest BCUT2D eigenvalue weighted by atomic mass is 9.90. The van der Waals surface area contributed by atoms with Gasteiger partial charge in [0.25, 0.3) is 0 Å². The van der Waals surface area contributed by atoms with Gasteiger partial charge in [-0.1, -0.05) is 12.1 Å². The van der Waals surface area contributed by atoms with Gasteiger partial charge in [-0.15, -0.1) is 11.3 Å². The number of aromatic nitrogens is 2. The molecule has 7 nitrogen and oxygen atoms in total. The molecule has 0 atom stereocenters. The smallest absolute Gasteiger partial charge is 0.242 e. The van der Waals surface area contributed by atoms with Crippen LogP contribution in [-0.2, 0) is 29.1 Å². The maximum absolute atomic E-state index is 13.2. The highest BCUT2D eigenvalue weighted by Crippen LogP contribution is 2.39. The highest BCUT2D eigenvalue weighted by molar-refractivity contribution is 7.09. The molecule has 2 amide bonds. The van der Waals surface area contributed by atoms with E-state index in [1.54, 1.807) is 48.2 Å². The summed E-state index contributed by atoms with van der Waals surface area (Å²) < 4.78 is 0. The summed E-state index contributed by atoms with van der Waals surface area (Å²) in [5, 5.41) is 3.06. The quantitative estimate of drug-likeness (QED) is 0.456. The van der Waals surface area contributed by atoms with Crippen LogP contribution in [0.25, 0.3) is 0 Å². The molecule has 8 heteroatoms. The molecule has 3 heterocycles. The minimum absolute atomic E-state index is 0.166. The van der Waals surface area contributed by atoms with Crippen LogP contribution >= 0.6 is 11.3 Å². The fourth-order valence-corrected chi connectivity index (χ4v) is 5.03. The van der Waals surface area contributed by atoms with Gasteiger partial charge in [-0.25, -0.2) is 4.98 Å². The van der Waals surface area contributed by atoms with Crippen LogP contribution in [-0.4, -0.2) is 46.8 Å². The van der Waals surface area contributed by atoms with Gasteiger partial charge in [0.1, 0.15) is 10.4 Å². The Morgan fingerprint density at radius 1 is 1.03 bits per heavy atom. The van der Waals surface area contributed by atoms with E-state index in [0.29, 0.717) is 13.1 Å². The number of rotatable bonds is 8. The van der Waals surface area contributed by atoms with E-state index in [0.717, 1.165) is 41.5 Å². The van der Waals surface area contributed by atoms with E-state index in [-0.39, 0.29) is 11.8 Å². The van der Waals surface area contributed by atoms with Gasteiger partial charge in [-0.3, -0.25) is 19.5 Å². The van der Waals surface area contributed by atoms with E-state index in [1.807, 2.05) is 42.9 Å². The summed E-state index contributed by atoms with van der Waals surface area (Å²) in [6.45, 7) is 8.17. The lowest BCUT2D eigenvalue weighted by Crippen LogP contribution is -2.47. The first kappa shape index (κ1) is 24.0. The molecule has 0 spiro atoms. The largest absolute Gasteiger partial charge is 0.313 e. The molecule has 178 valence electrons. The zero-order valence-corrected chi connectivity index (χ0v) is 21.0. The van der Waals surface area contributed by atoms with Crippen LogP contribution in [0.2, 0.25) is 0 Å². The molecular weight excluding hydrogens is 446 g/mol.